The van der Waals surface area contributed by atoms with Crippen molar-refractivity contribution >= 4 is 5.91 Å². The van der Waals surface area contributed by atoms with E-state index in [1.54, 1.807) is 18.6 Å². The summed E-state index contributed by atoms with van der Waals surface area (Å²) in [6.07, 6.45) is 11.3. The van der Waals surface area contributed by atoms with Crippen LogP contribution in [0.25, 0.3) is 0 Å². The second-order valence-electron chi connectivity index (χ2n) is 6.40. The molecule has 0 radical (unpaired) electrons. The Morgan fingerprint density at radius 1 is 1.12 bits per heavy atom. The number of hydrogen-bond acceptors (Lipinski definition) is 3. The van der Waals surface area contributed by atoms with Crippen LogP contribution in [0.1, 0.15) is 28.9 Å². The van der Waals surface area contributed by atoms with Crippen molar-refractivity contribution in [1.82, 2.24) is 24.2 Å². The van der Waals surface area contributed by atoms with Gasteiger partial charge in [0.1, 0.15) is 5.69 Å². The maximum atomic E-state index is 13.1. The Morgan fingerprint density at radius 2 is 2.00 bits per heavy atom. The van der Waals surface area contributed by atoms with E-state index in [9.17, 15) is 4.79 Å². The lowest BCUT2D eigenvalue weighted by molar-refractivity contribution is 0.0711. The largest absolute Gasteiger partial charge is 0.339 e. The Kier molecular flexibility index (Phi) is 4.33. The minimum atomic E-state index is 0.105. The van der Waals surface area contributed by atoms with Crippen LogP contribution in [-0.2, 0) is 13.1 Å². The van der Waals surface area contributed by atoms with Gasteiger partial charge in [0.05, 0.1) is 12.6 Å². The highest BCUT2D eigenvalue weighted by molar-refractivity contribution is 5.93. The summed E-state index contributed by atoms with van der Waals surface area (Å²) in [6, 6.07) is 9.92. The Bertz CT molecular complexity index is 825. The van der Waals surface area contributed by atoms with E-state index in [4.69, 9.17) is 0 Å². The van der Waals surface area contributed by atoms with Crippen LogP contribution in [0.15, 0.2) is 61.3 Å². The van der Waals surface area contributed by atoms with Gasteiger partial charge in [0.2, 0.25) is 0 Å². The normalized spacial score (nSPS) is 17.1. The van der Waals surface area contributed by atoms with Gasteiger partial charge in [-0.1, -0.05) is 0 Å². The third-order valence-corrected chi connectivity index (χ3v) is 4.75. The van der Waals surface area contributed by atoms with Gasteiger partial charge in [-0.05, 0) is 48.7 Å². The SMILES string of the molecule is O=C(c1cccn1Cc1ccncc1)N1CCC[C@@H]1Cn1cccn1. The third kappa shape index (κ3) is 3.33. The molecule has 4 rings (SSSR count). The van der Waals surface area contributed by atoms with Crippen LogP contribution in [0.2, 0.25) is 0 Å². The zero-order valence-electron chi connectivity index (χ0n) is 14.0. The van der Waals surface area contributed by atoms with E-state index < -0.39 is 0 Å². The number of nitrogens with zero attached hydrogens (tertiary/aromatic N) is 5. The average molecular weight is 335 g/mol. The fourth-order valence-corrected chi connectivity index (χ4v) is 3.50. The van der Waals surface area contributed by atoms with Crippen molar-refractivity contribution in [3.63, 3.8) is 0 Å². The molecule has 1 aliphatic heterocycles. The number of carbonyl (C=O) groups is 1. The summed E-state index contributed by atoms with van der Waals surface area (Å²) in [6.45, 7) is 2.24. The molecule has 1 saturated heterocycles. The molecular formula is C19H21N5O. The number of rotatable bonds is 5. The predicted octanol–water partition coefficient (Wildman–Crippen LogP) is 2.43. The van der Waals surface area contributed by atoms with Crippen molar-refractivity contribution < 1.29 is 4.79 Å². The van der Waals surface area contributed by atoms with Gasteiger partial charge in [-0.3, -0.25) is 14.5 Å². The number of likely N-dealkylation sites (tertiary alicyclic amines) is 1. The van der Waals surface area contributed by atoms with Crippen molar-refractivity contribution in [1.29, 1.82) is 0 Å². The first kappa shape index (κ1) is 15.6. The molecule has 6 nitrogen and oxygen atoms in total. The van der Waals surface area contributed by atoms with E-state index in [0.29, 0.717) is 6.54 Å². The van der Waals surface area contributed by atoms with Crippen LogP contribution in [0.4, 0.5) is 0 Å². The molecule has 128 valence electrons. The van der Waals surface area contributed by atoms with Gasteiger partial charge >= 0.3 is 0 Å². The lowest BCUT2D eigenvalue weighted by Crippen LogP contribution is -2.39. The Balaban J connectivity index is 1.51. The van der Waals surface area contributed by atoms with Crippen molar-refractivity contribution in [3.05, 3.63) is 72.6 Å². The molecule has 1 fully saturated rings. The topological polar surface area (TPSA) is 56.0 Å². The molecule has 0 spiro atoms. The zero-order valence-corrected chi connectivity index (χ0v) is 14.0. The molecule has 0 bridgehead atoms. The van der Waals surface area contributed by atoms with Gasteiger partial charge < -0.3 is 9.47 Å². The van der Waals surface area contributed by atoms with Gasteiger partial charge in [0.15, 0.2) is 0 Å². The molecule has 1 aliphatic rings. The Labute approximate surface area is 146 Å². The number of amides is 1. The summed E-state index contributed by atoms with van der Waals surface area (Å²) in [5.74, 6) is 0.105. The van der Waals surface area contributed by atoms with E-state index in [-0.39, 0.29) is 11.9 Å². The molecule has 1 amide bonds. The molecule has 4 heterocycles. The van der Waals surface area contributed by atoms with E-state index in [1.807, 2.05) is 56.9 Å². The highest BCUT2D eigenvalue weighted by Gasteiger charge is 2.31. The minimum Gasteiger partial charge on any atom is -0.339 e. The number of carbonyl (C=O) groups excluding carboxylic acids is 1. The van der Waals surface area contributed by atoms with E-state index in [2.05, 4.69) is 10.1 Å². The van der Waals surface area contributed by atoms with Crippen LogP contribution in [0.3, 0.4) is 0 Å². The quantitative estimate of drug-likeness (QED) is 0.719. The van der Waals surface area contributed by atoms with Crippen LogP contribution in [0.5, 0.6) is 0 Å². The highest BCUT2D eigenvalue weighted by Crippen LogP contribution is 2.22. The van der Waals surface area contributed by atoms with Crippen LogP contribution >= 0.6 is 0 Å². The lowest BCUT2D eigenvalue weighted by Gasteiger charge is -2.25. The fourth-order valence-electron chi connectivity index (χ4n) is 3.50. The molecule has 6 heteroatoms. The molecule has 0 unspecified atom stereocenters. The molecule has 25 heavy (non-hydrogen) atoms. The summed E-state index contributed by atoms with van der Waals surface area (Å²) in [4.78, 5) is 19.2. The average Bonchev–Trinajstić information content (AvgIpc) is 3.38. The number of aromatic nitrogens is 4. The van der Waals surface area contributed by atoms with Crippen LogP contribution in [-0.4, -0.2) is 42.7 Å². The predicted molar refractivity (Wildman–Crippen MR) is 94.1 cm³/mol. The molecular weight excluding hydrogens is 314 g/mol. The maximum Gasteiger partial charge on any atom is 0.270 e. The second kappa shape index (κ2) is 6.93. The van der Waals surface area contributed by atoms with Gasteiger partial charge in [0.25, 0.3) is 5.91 Å². The van der Waals surface area contributed by atoms with Crippen molar-refractivity contribution in [2.24, 2.45) is 0 Å². The van der Waals surface area contributed by atoms with Crippen LogP contribution < -0.4 is 0 Å². The van der Waals surface area contributed by atoms with E-state index >= 15 is 0 Å². The summed E-state index contributed by atoms with van der Waals surface area (Å²) >= 11 is 0. The van der Waals surface area contributed by atoms with Crippen molar-refractivity contribution in [3.8, 4) is 0 Å². The molecule has 0 aliphatic carbocycles. The number of pyridine rings is 1. The second-order valence-corrected chi connectivity index (χ2v) is 6.40. The standard InChI is InChI=1S/C19H21N5O/c25-19(24-13-1-4-17(24)15-23-12-3-8-21-23)18-5-2-11-22(18)14-16-6-9-20-10-7-16/h2-3,5-12,17H,1,4,13-15H2/t17-/m1/s1. The van der Waals surface area contributed by atoms with Crippen LogP contribution in [0, 0.1) is 0 Å². The molecule has 3 aromatic rings. The molecule has 0 aromatic carbocycles. The Morgan fingerprint density at radius 3 is 2.80 bits per heavy atom. The summed E-state index contributed by atoms with van der Waals surface area (Å²) in [5, 5.41) is 4.28. The van der Waals surface area contributed by atoms with Gasteiger partial charge in [-0.2, -0.15) is 5.10 Å². The van der Waals surface area contributed by atoms with Gasteiger partial charge in [0, 0.05) is 44.1 Å². The molecule has 3 aromatic heterocycles. The van der Waals surface area contributed by atoms with Crippen molar-refractivity contribution in [2.75, 3.05) is 6.54 Å². The summed E-state index contributed by atoms with van der Waals surface area (Å²) < 4.78 is 3.92. The summed E-state index contributed by atoms with van der Waals surface area (Å²) in [7, 11) is 0. The smallest absolute Gasteiger partial charge is 0.270 e. The first-order chi connectivity index (χ1) is 12.3. The van der Waals surface area contributed by atoms with Gasteiger partial charge in [-0.15, -0.1) is 0 Å². The molecule has 1 atom stereocenters. The monoisotopic (exact) mass is 335 g/mol. The highest BCUT2D eigenvalue weighted by atomic mass is 16.2. The minimum absolute atomic E-state index is 0.105. The first-order valence-corrected chi connectivity index (χ1v) is 8.64. The van der Waals surface area contributed by atoms with Gasteiger partial charge in [-0.25, -0.2) is 0 Å². The zero-order chi connectivity index (χ0) is 17.1. The molecule has 0 saturated carbocycles. The van der Waals surface area contributed by atoms with Crippen molar-refractivity contribution in [2.45, 2.75) is 32.0 Å². The fraction of sp³-hybridized carbons (Fsp3) is 0.316. The maximum absolute atomic E-state index is 13.1. The first-order valence-electron chi connectivity index (χ1n) is 8.64. The third-order valence-electron chi connectivity index (χ3n) is 4.75. The lowest BCUT2D eigenvalue weighted by atomic mass is 10.2. The number of hydrogen-bond donors (Lipinski definition) is 0. The van der Waals surface area contributed by atoms with E-state index in [0.717, 1.165) is 37.2 Å². The molecule has 0 N–H and O–H groups in total. The summed E-state index contributed by atoms with van der Waals surface area (Å²) in [5.41, 5.74) is 1.87. The Hall–Kier alpha value is -2.89. The van der Waals surface area contributed by atoms with E-state index in [1.165, 1.54) is 0 Å².